The molecule has 0 unspecified atom stereocenters. The third-order valence-electron chi connectivity index (χ3n) is 13.1. The maximum absolute atomic E-state index is 12.7. The number of aromatic nitrogens is 2. The van der Waals surface area contributed by atoms with Crippen molar-refractivity contribution in [2.45, 2.75) is 76.3 Å². The molecule has 12 nitrogen and oxygen atoms in total. The van der Waals surface area contributed by atoms with Gasteiger partial charge in [0.25, 0.3) is 0 Å². The summed E-state index contributed by atoms with van der Waals surface area (Å²) in [7, 11) is 4.27. The van der Waals surface area contributed by atoms with Crippen molar-refractivity contribution in [2.75, 3.05) is 79.5 Å². The van der Waals surface area contributed by atoms with Gasteiger partial charge in [-0.15, -0.1) is 0 Å². The zero-order valence-corrected chi connectivity index (χ0v) is 35.9. The normalized spacial score (nSPS) is 23.9. The molecule has 4 aliphatic heterocycles. The van der Waals surface area contributed by atoms with Gasteiger partial charge in [0.05, 0.1) is 35.2 Å². The Kier molecular flexibility index (Phi) is 14.4. The number of hydrogen-bond donors (Lipinski definition) is 2. The average molecular weight is 815 g/mol. The molecule has 0 bridgehead atoms. The number of likely N-dealkylation sites (tertiary alicyclic amines) is 4. The number of fused-ring (bicyclic) bond motifs is 2. The summed E-state index contributed by atoms with van der Waals surface area (Å²) in [5, 5.41) is 27.5. The lowest BCUT2D eigenvalue weighted by Crippen LogP contribution is -2.49. The van der Waals surface area contributed by atoms with Gasteiger partial charge in [-0.05, 0) is 138 Å². The van der Waals surface area contributed by atoms with E-state index in [1.165, 1.54) is 11.1 Å². The van der Waals surface area contributed by atoms with Crippen LogP contribution in [0.25, 0.3) is 21.8 Å². The molecule has 2 aromatic carbocycles. The molecule has 0 saturated carbocycles. The molecule has 2 N–H and O–H groups in total. The topological polar surface area (TPSA) is 145 Å². The predicted octanol–water partition coefficient (Wildman–Crippen LogP) is 5.98. The number of carbonyl (C=O) groups excluding carboxylic acids is 2. The number of nitrogens with zero attached hydrogens (tertiary/aromatic N) is 8. The van der Waals surface area contributed by atoms with Crippen LogP contribution in [0.3, 0.4) is 0 Å². The van der Waals surface area contributed by atoms with Crippen LogP contribution in [0, 0.1) is 34.5 Å². The molecule has 320 valence electrons. The van der Waals surface area contributed by atoms with Crippen molar-refractivity contribution in [1.82, 2.24) is 40.2 Å². The first-order chi connectivity index (χ1) is 29.1. The Labute approximate surface area is 358 Å². The van der Waals surface area contributed by atoms with Gasteiger partial charge < -0.3 is 20.4 Å². The second-order valence-electron chi connectivity index (χ2n) is 18.2. The monoisotopic (exact) mass is 815 g/mol. The predicted molar refractivity (Wildman–Crippen MR) is 240 cm³/mol. The van der Waals surface area contributed by atoms with Gasteiger partial charge >= 0.3 is 0 Å². The van der Waals surface area contributed by atoms with Crippen molar-refractivity contribution in [3.63, 3.8) is 0 Å². The van der Waals surface area contributed by atoms with Gasteiger partial charge in [0.1, 0.15) is 12.1 Å². The molecule has 4 saturated heterocycles. The third kappa shape index (κ3) is 10.8. The first-order valence-electron chi connectivity index (χ1n) is 22.0. The fraction of sp³-hybridized carbons (Fsp3) is 0.542. The van der Waals surface area contributed by atoms with Crippen molar-refractivity contribution >= 4 is 33.6 Å². The molecule has 4 aliphatic rings. The minimum atomic E-state index is 0. The summed E-state index contributed by atoms with van der Waals surface area (Å²) in [5.74, 6) is 1.99. The van der Waals surface area contributed by atoms with Crippen molar-refractivity contribution in [2.24, 2.45) is 11.8 Å². The van der Waals surface area contributed by atoms with Crippen LogP contribution in [-0.2, 0) is 9.59 Å². The molecular formula is C48H66N10O2. The summed E-state index contributed by atoms with van der Waals surface area (Å²) in [6.07, 6.45) is 9.80. The van der Waals surface area contributed by atoms with E-state index < -0.39 is 0 Å². The summed E-state index contributed by atoms with van der Waals surface area (Å²) in [5.41, 5.74) is 5.28. The minimum Gasteiger partial charge on any atom is -0.352 e. The van der Waals surface area contributed by atoms with E-state index in [9.17, 15) is 20.1 Å². The highest BCUT2D eigenvalue weighted by atomic mass is 16.2. The zero-order valence-electron chi connectivity index (χ0n) is 35.9. The molecule has 12 heteroatoms. The SMILES string of the molecule is C[C@@H]1C[C@@H](c2ccc(C#N)c3ncccc23)CN(CC(=O)NC2CCN(C)CC2)C1.C[C@@H]1C[C@H](c2ccc(C#N)c3ncccc23)CN(CC(=O)NC2CCN(C)CC2)C1.[HH].[HH]. The first kappa shape index (κ1) is 43.1. The minimum absolute atomic E-state index is 0. The molecule has 6 heterocycles. The number of benzene rings is 2. The van der Waals surface area contributed by atoms with Crippen LogP contribution in [0.4, 0.5) is 0 Å². The van der Waals surface area contributed by atoms with Crippen molar-refractivity contribution in [1.29, 1.82) is 10.5 Å². The molecule has 0 spiro atoms. The lowest BCUT2D eigenvalue weighted by atomic mass is 9.83. The van der Waals surface area contributed by atoms with Crippen LogP contribution in [0.1, 0.15) is 89.3 Å². The van der Waals surface area contributed by atoms with Crippen LogP contribution < -0.4 is 10.6 Å². The van der Waals surface area contributed by atoms with Gasteiger partial charge in [-0.2, -0.15) is 10.5 Å². The van der Waals surface area contributed by atoms with Crippen LogP contribution in [0.2, 0.25) is 0 Å². The van der Waals surface area contributed by atoms with E-state index in [1.54, 1.807) is 12.4 Å². The van der Waals surface area contributed by atoms with Crippen molar-refractivity contribution < 1.29 is 12.4 Å². The standard InChI is InChI=1S/2C24H31N5O.2H2/c2*1-17-12-19(21-6-5-18(13-25)24-22(21)4-3-9-26-24)15-29(14-17)16-23(30)27-20-7-10-28(2)11-8-20;;/h2*3-6,9,17,19-20H,7-8,10-12,14-16H2,1-2H3,(H,27,30);2*1H/t17-,19+;17-,19-;;/m11../s1. The lowest BCUT2D eigenvalue weighted by Gasteiger charge is -2.37. The first-order valence-corrected chi connectivity index (χ1v) is 22.0. The fourth-order valence-corrected chi connectivity index (χ4v) is 10.2. The molecule has 60 heavy (non-hydrogen) atoms. The fourth-order valence-electron chi connectivity index (χ4n) is 10.2. The van der Waals surface area contributed by atoms with Gasteiger partial charge in [0, 0.05) is 64.3 Å². The summed E-state index contributed by atoms with van der Waals surface area (Å²) in [6.45, 7) is 13.3. The van der Waals surface area contributed by atoms with Gasteiger partial charge in [-0.3, -0.25) is 29.4 Å². The van der Waals surface area contributed by atoms with Crippen LogP contribution in [0.5, 0.6) is 0 Å². The second kappa shape index (κ2) is 20.1. The summed E-state index contributed by atoms with van der Waals surface area (Å²) >= 11 is 0. The van der Waals surface area contributed by atoms with Crippen molar-refractivity contribution in [3.05, 3.63) is 83.2 Å². The highest BCUT2D eigenvalue weighted by Gasteiger charge is 2.31. The van der Waals surface area contributed by atoms with E-state index in [0.29, 0.717) is 60.0 Å². The van der Waals surface area contributed by atoms with E-state index in [4.69, 9.17) is 0 Å². The number of amides is 2. The Morgan fingerprint density at radius 1 is 0.650 bits per heavy atom. The summed E-state index contributed by atoms with van der Waals surface area (Å²) in [4.78, 5) is 43.5. The Bertz CT molecular complexity index is 2060. The molecule has 2 amide bonds. The zero-order chi connectivity index (χ0) is 42.2. The van der Waals surface area contributed by atoms with Crippen molar-refractivity contribution in [3.8, 4) is 12.1 Å². The number of nitrogens with one attached hydrogen (secondary N) is 2. The van der Waals surface area contributed by atoms with Gasteiger partial charge in [0.2, 0.25) is 11.8 Å². The number of piperidine rings is 4. The third-order valence-corrected chi connectivity index (χ3v) is 13.1. The lowest BCUT2D eigenvalue weighted by molar-refractivity contribution is -0.124. The molecule has 4 atom stereocenters. The summed E-state index contributed by atoms with van der Waals surface area (Å²) in [6, 6.07) is 21.1. The maximum atomic E-state index is 12.7. The molecule has 0 radical (unpaired) electrons. The Hall–Kier alpha value is -4.98. The van der Waals surface area contributed by atoms with Crippen LogP contribution >= 0.6 is 0 Å². The number of nitriles is 2. The second-order valence-corrected chi connectivity index (χ2v) is 18.2. The Morgan fingerprint density at radius 3 is 1.43 bits per heavy atom. The molecule has 4 fully saturated rings. The Balaban J connectivity index is 0.000000227. The number of pyridine rings is 2. The number of hydrogen-bond acceptors (Lipinski definition) is 10. The van der Waals surface area contributed by atoms with Gasteiger partial charge in [-0.1, -0.05) is 38.1 Å². The van der Waals surface area contributed by atoms with Crippen LogP contribution in [0.15, 0.2) is 60.9 Å². The smallest absolute Gasteiger partial charge is 0.234 e. The largest absolute Gasteiger partial charge is 0.352 e. The maximum Gasteiger partial charge on any atom is 0.234 e. The molecule has 0 aliphatic carbocycles. The van der Waals surface area contributed by atoms with E-state index in [-0.39, 0.29) is 14.7 Å². The molecule has 2 aromatic heterocycles. The van der Waals surface area contributed by atoms with E-state index >= 15 is 0 Å². The highest BCUT2D eigenvalue weighted by molar-refractivity contribution is 5.88. The van der Waals surface area contributed by atoms with Gasteiger partial charge in [0.15, 0.2) is 0 Å². The van der Waals surface area contributed by atoms with Gasteiger partial charge in [-0.25, -0.2) is 0 Å². The van der Waals surface area contributed by atoms with Crippen LogP contribution in [-0.4, -0.2) is 133 Å². The highest BCUT2D eigenvalue weighted by Crippen LogP contribution is 2.36. The number of carbonyl (C=O) groups is 2. The quantitative estimate of drug-likeness (QED) is 0.218. The average Bonchev–Trinajstić information content (AvgIpc) is 3.24. The Morgan fingerprint density at radius 2 is 1.05 bits per heavy atom. The molecule has 8 rings (SSSR count). The van der Waals surface area contributed by atoms with E-state index in [1.807, 2.05) is 24.3 Å². The van der Waals surface area contributed by atoms with E-state index in [0.717, 1.165) is 113 Å². The molecular weight excluding hydrogens is 749 g/mol. The summed E-state index contributed by atoms with van der Waals surface area (Å²) < 4.78 is 0. The molecule has 4 aromatic rings. The number of rotatable bonds is 8. The van der Waals surface area contributed by atoms with E-state index in [2.05, 4.69) is 105 Å².